The third-order valence-electron chi connectivity index (χ3n) is 5.60. The number of amides is 3. The minimum absolute atomic E-state index is 0.0383. The van der Waals surface area contributed by atoms with Crippen molar-refractivity contribution in [2.45, 2.75) is 33.4 Å². The van der Waals surface area contributed by atoms with Gasteiger partial charge in [-0.2, -0.15) is 13.2 Å². The van der Waals surface area contributed by atoms with Gasteiger partial charge in [-0.05, 0) is 72.1 Å². The standard InChI is InChI=1S/C28H26ClF3N4O2/c1-27(2,3)16-25(37)33-19-7-11-24-17(14-19)12-13-36(24)21-8-4-18(5-9-21)34-26(38)35-20-6-10-23(29)22(15-20)28(30,31)32/h4-15H,16H2,1-3H3,(H,33,37)(H2,34,35,38). The van der Waals surface area contributed by atoms with Crippen molar-refractivity contribution in [1.29, 1.82) is 0 Å². The van der Waals surface area contributed by atoms with E-state index in [0.29, 0.717) is 12.1 Å². The van der Waals surface area contributed by atoms with Gasteiger partial charge in [-0.3, -0.25) is 4.79 Å². The Morgan fingerprint density at radius 1 is 0.816 bits per heavy atom. The van der Waals surface area contributed by atoms with Gasteiger partial charge in [0.15, 0.2) is 0 Å². The summed E-state index contributed by atoms with van der Waals surface area (Å²) in [5, 5.41) is 8.42. The smallest absolute Gasteiger partial charge is 0.326 e. The number of urea groups is 1. The molecule has 3 aromatic carbocycles. The molecular weight excluding hydrogens is 517 g/mol. The fraction of sp³-hybridized carbons (Fsp3) is 0.214. The molecule has 0 atom stereocenters. The van der Waals surface area contributed by atoms with Crippen molar-refractivity contribution in [2.75, 3.05) is 16.0 Å². The zero-order valence-corrected chi connectivity index (χ0v) is 21.7. The summed E-state index contributed by atoms with van der Waals surface area (Å²) in [5.74, 6) is -0.0414. The minimum Gasteiger partial charge on any atom is -0.326 e. The lowest BCUT2D eigenvalue weighted by atomic mass is 9.92. The molecular formula is C28H26ClF3N4O2. The van der Waals surface area contributed by atoms with E-state index in [1.807, 2.05) is 55.8 Å². The third-order valence-corrected chi connectivity index (χ3v) is 5.93. The molecule has 4 aromatic rings. The fourth-order valence-corrected chi connectivity index (χ4v) is 4.18. The topological polar surface area (TPSA) is 75.2 Å². The molecule has 198 valence electrons. The van der Waals surface area contributed by atoms with Crippen LogP contribution in [0.3, 0.4) is 0 Å². The molecule has 1 aromatic heterocycles. The molecule has 0 saturated heterocycles. The summed E-state index contributed by atoms with van der Waals surface area (Å²) in [7, 11) is 0. The van der Waals surface area contributed by atoms with E-state index >= 15 is 0 Å². The monoisotopic (exact) mass is 542 g/mol. The summed E-state index contributed by atoms with van der Waals surface area (Å²) in [6.45, 7) is 6.03. The fourth-order valence-electron chi connectivity index (χ4n) is 3.95. The number of carbonyl (C=O) groups is 2. The van der Waals surface area contributed by atoms with Gasteiger partial charge in [0.2, 0.25) is 5.91 Å². The molecule has 10 heteroatoms. The number of alkyl halides is 3. The Kier molecular flexibility index (Phi) is 7.42. The number of fused-ring (bicyclic) bond motifs is 1. The second-order valence-electron chi connectivity index (χ2n) is 10.1. The Labute approximate surface area is 222 Å². The van der Waals surface area contributed by atoms with Gasteiger partial charge in [-0.15, -0.1) is 0 Å². The van der Waals surface area contributed by atoms with Crippen molar-refractivity contribution >= 4 is 51.5 Å². The van der Waals surface area contributed by atoms with Gasteiger partial charge in [-0.25, -0.2) is 4.79 Å². The average Bonchev–Trinajstić information content (AvgIpc) is 3.22. The molecule has 0 spiro atoms. The van der Waals surface area contributed by atoms with Crippen molar-refractivity contribution in [1.82, 2.24) is 4.57 Å². The molecule has 4 rings (SSSR count). The molecule has 0 radical (unpaired) electrons. The summed E-state index contributed by atoms with van der Waals surface area (Å²) in [6, 6.07) is 17.1. The molecule has 38 heavy (non-hydrogen) atoms. The van der Waals surface area contributed by atoms with Crippen LogP contribution in [0.25, 0.3) is 16.6 Å². The summed E-state index contributed by atoms with van der Waals surface area (Å²) in [6.07, 6.45) is -2.32. The van der Waals surface area contributed by atoms with E-state index in [1.54, 1.807) is 24.3 Å². The Balaban J connectivity index is 1.43. The predicted molar refractivity (Wildman–Crippen MR) is 145 cm³/mol. The van der Waals surface area contributed by atoms with Gasteiger partial charge in [-0.1, -0.05) is 32.4 Å². The molecule has 0 fully saturated rings. The average molecular weight is 543 g/mol. The van der Waals surface area contributed by atoms with Crippen molar-refractivity contribution in [2.24, 2.45) is 5.41 Å². The maximum absolute atomic E-state index is 13.1. The van der Waals surface area contributed by atoms with Gasteiger partial charge < -0.3 is 20.5 Å². The van der Waals surface area contributed by atoms with Crippen molar-refractivity contribution in [3.8, 4) is 5.69 Å². The summed E-state index contributed by atoms with van der Waals surface area (Å²) in [5.41, 5.74) is 1.77. The van der Waals surface area contributed by atoms with Crippen molar-refractivity contribution in [3.63, 3.8) is 0 Å². The highest BCUT2D eigenvalue weighted by molar-refractivity contribution is 6.31. The maximum atomic E-state index is 13.1. The molecule has 3 amide bonds. The van der Waals surface area contributed by atoms with E-state index in [0.717, 1.165) is 34.4 Å². The molecule has 0 aliphatic rings. The first-order valence-electron chi connectivity index (χ1n) is 11.7. The van der Waals surface area contributed by atoms with Crippen LogP contribution < -0.4 is 16.0 Å². The SMILES string of the molecule is CC(C)(C)CC(=O)Nc1ccc2c(ccn2-c2ccc(NC(=O)Nc3ccc(Cl)c(C(F)(F)F)c3)cc2)c1. The highest BCUT2D eigenvalue weighted by Crippen LogP contribution is 2.36. The van der Waals surface area contributed by atoms with Crippen LogP contribution in [0.5, 0.6) is 0 Å². The van der Waals surface area contributed by atoms with E-state index in [9.17, 15) is 22.8 Å². The highest BCUT2D eigenvalue weighted by Gasteiger charge is 2.33. The van der Waals surface area contributed by atoms with Crippen LogP contribution in [0.1, 0.15) is 32.8 Å². The molecule has 6 nitrogen and oxygen atoms in total. The molecule has 0 aliphatic carbocycles. The lowest BCUT2D eigenvalue weighted by Crippen LogP contribution is -2.20. The quantitative estimate of drug-likeness (QED) is 0.237. The van der Waals surface area contributed by atoms with Crippen LogP contribution in [0.2, 0.25) is 5.02 Å². The molecule has 0 saturated carbocycles. The normalized spacial score (nSPS) is 11.9. The van der Waals surface area contributed by atoms with Gasteiger partial charge in [0.1, 0.15) is 0 Å². The summed E-state index contributed by atoms with van der Waals surface area (Å²) >= 11 is 5.62. The van der Waals surface area contributed by atoms with Gasteiger partial charge >= 0.3 is 12.2 Å². The number of benzene rings is 3. The van der Waals surface area contributed by atoms with Crippen LogP contribution in [0.4, 0.5) is 35.0 Å². The van der Waals surface area contributed by atoms with Crippen LogP contribution >= 0.6 is 11.6 Å². The number of nitrogens with zero attached hydrogens (tertiary/aromatic N) is 1. The molecule has 0 aliphatic heterocycles. The van der Waals surface area contributed by atoms with Crippen LogP contribution in [0.15, 0.2) is 72.9 Å². The first kappa shape index (κ1) is 27.1. The minimum atomic E-state index is -4.63. The number of aromatic nitrogens is 1. The largest absolute Gasteiger partial charge is 0.417 e. The molecule has 0 unspecified atom stereocenters. The number of hydrogen-bond acceptors (Lipinski definition) is 2. The Morgan fingerprint density at radius 3 is 2.08 bits per heavy atom. The van der Waals surface area contributed by atoms with Gasteiger partial charge in [0, 0.05) is 40.8 Å². The van der Waals surface area contributed by atoms with Crippen LogP contribution in [0, 0.1) is 5.41 Å². The highest BCUT2D eigenvalue weighted by atomic mass is 35.5. The number of halogens is 4. The molecule has 0 bridgehead atoms. The van der Waals surface area contributed by atoms with Crippen molar-refractivity contribution in [3.05, 3.63) is 83.5 Å². The second kappa shape index (κ2) is 10.4. The Morgan fingerprint density at radius 2 is 1.42 bits per heavy atom. The Hall–Kier alpha value is -3.98. The van der Waals surface area contributed by atoms with Gasteiger partial charge in [0.25, 0.3) is 0 Å². The number of nitrogens with one attached hydrogen (secondary N) is 3. The summed E-state index contributed by atoms with van der Waals surface area (Å²) < 4.78 is 41.1. The van der Waals surface area contributed by atoms with E-state index in [2.05, 4.69) is 16.0 Å². The molecule has 3 N–H and O–H groups in total. The second-order valence-corrected chi connectivity index (χ2v) is 10.5. The zero-order chi connectivity index (χ0) is 27.7. The van der Waals surface area contributed by atoms with Crippen LogP contribution in [-0.4, -0.2) is 16.5 Å². The van der Waals surface area contributed by atoms with E-state index in [4.69, 9.17) is 11.6 Å². The number of hydrogen-bond donors (Lipinski definition) is 3. The predicted octanol–water partition coefficient (Wildman–Crippen LogP) is 8.32. The van der Waals surface area contributed by atoms with Crippen LogP contribution in [-0.2, 0) is 11.0 Å². The zero-order valence-electron chi connectivity index (χ0n) is 20.9. The lowest BCUT2D eigenvalue weighted by molar-refractivity contribution is -0.137. The van der Waals surface area contributed by atoms with E-state index in [1.165, 1.54) is 6.07 Å². The Bertz CT molecular complexity index is 1490. The van der Waals surface area contributed by atoms with E-state index < -0.39 is 22.8 Å². The first-order valence-corrected chi connectivity index (χ1v) is 12.1. The van der Waals surface area contributed by atoms with E-state index in [-0.39, 0.29) is 17.0 Å². The number of anilines is 3. The van der Waals surface area contributed by atoms with Gasteiger partial charge in [0.05, 0.1) is 16.1 Å². The van der Waals surface area contributed by atoms with Crippen molar-refractivity contribution < 1.29 is 22.8 Å². The number of carbonyl (C=O) groups excluding carboxylic acids is 2. The summed E-state index contributed by atoms with van der Waals surface area (Å²) in [4.78, 5) is 24.6. The third kappa shape index (κ3) is 6.66. The lowest BCUT2D eigenvalue weighted by Gasteiger charge is -2.17. The molecule has 1 heterocycles. The first-order chi connectivity index (χ1) is 17.8. The maximum Gasteiger partial charge on any atom is 0.417 e. The number of rotatable bonds is 5.